The van der Waals surface area contributed by atoms with Crippen molar-refractivity contribution in [1.29, 1.82) is 0 Å². The van der Waals surface area contributed by atoms with Crippen LogP contribution in [0.4, 0.5) is 0 Å². The van der Waals surface area contributed by atoms with Crippen molar-refractivity contribution in [2.45, 2.75) is 19.0 Å². The Bertz CT molecular complexity index is 674. The molecule has 0 saturated carbocycles. The third-order valence-electron chi connectivity index (χ3n) is 3.93. The predicted molar refractivity (Wildman–Crippen MR) is 92.6 cm³/mol. The number of halogens is 2. The minimum absolute atomic E-state index is 0.0584. The summed E-state index contributed by atoms with van der Waals surface area (Å²) in [6.45, 7) is 0.736. The molecule has 1 aromatic carbocycles. The molecular formula is C15H20Cl2N2O3S. The van der Waals surface area contributed by atoms with E-state index < -0.39 is 9.84 Å². The highest BCUT2D eigenvalue weighted by Gasteiger charge is 2.32. The summed E-state index contributed by atoms with van der Waals surface area (Å²) in [5.41, 5.74) is 0.920. The van der Waals surface area contributed by atoms with Gasteiger partial charge in [-0.15, -0.1) is 0 Å². The number of hydrogen-bond donors (Lipinski definition) is 0. The van der Waals surface area contributed by atoms with Gasteiger partial charge in [0.2, 0.25) is 5.91 Å². The zero-order valence-corrected chi connectivity index (χ0v) is 15.5. The highest BCUT2D eigenvalue weighted by molar-refractivity contribution is 7.91. The molecule has 8 heteroatoms. The van der Waals surface area contributed by atoms with Crippen molar-refractivity contribution in [3.05, 3.63) is 33.8 Å². The van der Waals surface area contributed by atoms with Gasteiger partial charge in [0.1, 0.15) is 0 Å². The van der Waals surface area contributed by atoms with E-state index in [1.165, 1.54) is 0 Å². The van der Waals surface area contributed by atoms with Gasteiger partial charge in [-0.25, -0.2) is 8.42 Å². The molecule has 1 aliphatic heterocycles. The van der Waals surface area contributed by atoms with Crippen molar-refractivity contribution >= 4 is 38.9 Å². The maximum absolute atomic E-state index is 12.3. The molecule has 2 rings (SSSR count). The van der Waals surface area contributed by atoms with Crippen LogP contribution in [0, 0.1) is 0 Å². The third-order valence-corrected chi connectivity index (χ3v) is 6.12. The lowest BCUT2D eigenvalue weighted by molar-refractivity contribution is -0.132. The van der Waals surface area contributed by atoms with E-state index in [0.717, 1.165) is 5.56 Å². The quantitative estimate of drug-likeness (QED) is 0.786. The van der Waals surface area contributed by atoms with E-state index in [1.54, 1.807) is 18.0 Å². The summed E-state index contributed by atoms with van der Waals surface area (Å²) in [5.74, 6) is 0.123. The maximum Gasteiger partial charge on any atom is 0.236 e. The minimum atomic E-state index is -3.00. The standard InChI is InChI=1S/C15H20Cl2N2O3S/c1-18(8-11-5-12(16)7-13(17)6-11)9-15(20)19(2)14-3-4-23(21,22)10-14/h5-7,14H,3-4,8-10H2,1-2H3. The summed E-state index contributed by atoms with van der Waals surface area (Å²) < 4.78 is 23.0. The molecule has 1 atom stereocenters. The van der Waals surface area contributed by atoms with Gasteiger partial charge in [-0.2, -0.15) is 0 Å². The second-order valence-electron chi connectivity index (χ2n) is 6.01. The smallest absolute Gasteiger partial charge is 0.236 e. The van der Waals surface area contributed by atoms with Crippen LogP contribution in [0.25, 0.3) is 0 Å². The summed E-state index contributed by atoms with van der Waals surface area (Å²) in [6, 6.07) is 5.05. The zero-order valence-electron chi connectivity index (χ0n) is 13.1. The van der Waals surface area contributed by atoms with E-state index in [4.69, 9.17) is 23.2 Å². The average molecular weight is 379 g/mol. The number of nitrogens with zero attached hydrogens (tertiary/aromatic N) is 2. The Morgan fingerprint density at radius 1 is 1.22 bits per heavy atom. The Hall–Kier alpha value is -0.820. The molecule has 1 fully saturated rings. The van der Waals surface area contributed by atoms with Gasteiger partial charge in [-0.1, -0.05) is 23.2 Å². The summed E-state index contributed by atoms with van der Waals surface area (Å²) in [7, 11) is 0.493. The van der Waals surface area contributed by atoms with Gasteiger partial charge < -0.3 is 4.90 Å². The fourth-order valence-corrected chi connectivity index (χ4v) is 5.04. The molecule has 1 saturated heterocycles. The summed E-state index contributed by atoms with van der Waals surface area (Å²) in [5, 5.41) is 1.11. The number of likely N-dealkylation sites (N-methyl/N-ethyl adjacent to an activating group) is 2. The molecule has 5 nitrogen and oxygen atoms in total. The van der Waals surface area contributed by atoms with Crippen LogP contribution >= 0.6 is 23.2 Å². The van der Waals surface area contributed by atoms with Gasteiger partial charge in [0, 0.05) is 29.7 Å². The first-order chi connectivity index (χ1) is 10.7. The number of carbonyl (C=O) groups is 1. The summed E-state index contributed by atoms with van der Waals surface area (Å²) in [6.07, 6.45) is 0.512. The molecule has 0 spiro atoms. The fraction of sp³-hybridized carbons (Fsp3) is 0.533. The molecule has 0 aromatic heterocycles. The van der Waals surface area contributed by atoms with Gasteiger partial charge in [-0.3, -0.25) is 9.69 Å². The number of rotatable bonds is 5. The van der Waals surface area contributed by atoms with Crippen LogP contribution < -0.4 is 0 Å². The highest BCUT2D eigenvalue weighted by atomic mass is 35.5. The van der Waals surface area contributed by atoms with Crippen LogP contribution in [0.1, 0.15) is 12.0 Å². The Morgan fingerprint density at radius 2 is 1.83 bits per heavy atom. The van der Waals surface area contributed by atoms with Gasteiger partial charge in [-0.05, 0) is 37.2 Å². The molecule has 1 aliphatic rings. The second-order valence-corrected chi connectivity index (χ2v) is 9.11. The highest BCUT2D eigenvalue weighted by Crippen LogP contribution is 2.20. The Balaban J connectivity index is 1.91. The molecule has 23 heavy (non-hydrogen) atoms. The van der Waals surface area contributed by atoms with Crippen molar-refractivity contribution in [3.63, 3.8) is 0 Å². The lowest BCUT2D eigenvalue weighted by Gasteiger charge is -2.26. The first-order valence-corrected chi connectivity index (χ1v) is 9.83. The van der Waals surface area contributed by atoms with Gasteiger partial charge in [0.25, 0.3) is 0 Å². The van der Waals surface area contributed by atoms with Crippen molar-refractivity contribution in [2.75, 3.05) is 32.1 Å². The third kappa shape index (κ3) is 5.35. The SMILES string of the molecule is CN(CC(=O)N(C)C1CCS(=O)(=O)C1)Cc1cc(Cl)cc(Cl)c1. The van der Waals surface area contributed by atoms with E-state index in [-0.39, 0.29) is 30.0 Å². The van der Waals surface area contributed by atoms with E-state index >= 15 is 0 Å². The maximum atomic E-state index is 12.3. The fourth-order valence-electron chi connectivity index (χ4n) is 2.70. The minimum Gasteiger partial charge on any atom is -0.341 e. The predicted octanol–water partition coefficient (Wildman–Crippen LogP) is 2.07. The number of carbonyl (C=O) groups excluding carboxylic acids is 1. The first-order valence-electron chi connectivity index (χ1n) is 7.26. The molecule has 1 unspecified atom stereocenters. The largest absolute Gasteiger partial charge is 0.341 e. The Kier molecular flexibility index (Phi) is 5.94. The lowest BCUT2D eigenvalue weighted by atomic mass is 10.2. The zero-order chi connectivity index (χ0) is 17.2. The van der Waals surface area contributed by atoms with E-state index in [2.05, 4.69) is 0 Å². The molecule has 0 radical (unpaired) electrons. The van der Waals surface area contributed by atoms with Crippen molar-refractivity contribution in [2.24, 2.45) is 0 Å². The summed E-state index contributed by atoms with van der Waals surface area (Å²) in [4.78, 5) is 15.7. The normalized spacial score (nSPS) is 20.0. The molecule has 1 aromatic rings. The lowest BCUT2D eigenvalue weighted by Crippen LogP contribution is -2.42. The number of hydrogen-bond acceptors (Lipinski definition) is 4. The topological polar surface area (TPSA) is 57.7 Å². The number of benzene rings is 1. The molecule has 128 valence electrons. The van der Waals surface area contributed by atoms with Gasteiger partial charge >= 0.3 is 0 Å². The Labute approximate surface area is 147 Å². The van der Waals surface area contributed by atoms with Crippen molar-refractivity contribution in [3.8, 4) is 0 Å². The van der Waals surface area contributed by atoms with Crippen molar-refractivity contribution < 1.29 is 13.2 Å². The van der Waals surface area contributed by atoms with E-state index in [1.807, 2.05) is 24.1 Å². The number of amides is 1. The summed E-state index contributed by atoms with van der Waals surface area (Å²) >= 11 is 11.9. The van der Waals surface area contributed by atoms with Gasteiger partial charge in [0.05, 0.1) is 18.1 Å². The van der Waals surface area contributed by atoms with Crippen LogP contribution in [0.5, 0.6) is 0 Å². The van der Waals surface area contributed by atoms with Gasteiger partial charge in [0.15, 0.2) is 9.84 Å². The molecule has 0 N–H and O–H groups in total. The Morgan fingerprint density at radius 3 is 2.35 bits per heavy atom. The first kappa shape index (κ1) is 18.5. The van der Waals surface area contributed by atoms with E-state index in [9.17, 15) is 13.2 Å². The van der Waals surface area contributed by atoms with Crippen LogP contribution in [-0.2, 0) is 21.2 Å². The average Bonchev–Trinajstić information content (AvgIpc) is 2.76. The monoisotopic (exact) mass is 378 g/mol. The molecule has 0 bridgehead atoms. The molecule has 1 amide bonds. The molecule has 0 aliphatic carbocycles. The van der Waals surface area contributed by atoms with Crippen LogP contribution in [0.3, 0.4) is 0 Å². The van der Waals surface area contributed by atoms with Crippen molar-refractivity contribution in [1.82, 2.24) is 9.80 Å². The van der Waals surface area contributed by atoms with Crippen LogP contribution in [0.15, 0.2) is 18.2 Å². The molecular weight excluding hydrogens is 359 g/mol. The second kappa shape index (κ2) is 7.38. The van der Waals surface area contributed by atoms with Crippen LogP contribution in [0.2, 0.25) is 10.0 Å². The van der Waals surface area contributed by atoms with E-state index in [0.29, 0.717) is 23.0 Å². The number of sulfone groups is 1. The molecule has 1 heterocycles. The van der Waals surface area contributed by atoms with Crippen LogP contribution in [-0.4, -0.2) is 62.3 Å².